The topological polar surface area (TPSA) is 46.9 Å². The molecule has 0 saturated heterocycles. The Kier molecular flexibility index (Phi) is 4.77. The quantitative estimate of drug-likeness (QED) is 0.531. The fraction of sp³-hybridized carbons (Fsp3) is 0.0833. The van der Waals surface area contributed by atoms with Crippen molar-refractivity contribution in [3.8, 4) is 22.4 Å². The zero-order valence-corrected chi connectivity index (χ0v) is 15.9. The zero-order valence-electron chi connectivity index (χ0n) is 15.9. The number of rotatable bonds is 4. The van der Waals surface area contributed by atoms with Crippen LogP contribution in [0, 0.1) is 6.92 Å². The maximum Gasteiger partial charge on any atom is 0.255 e. The normalized spacial score (nSPS) is 10.6. The zero-order chi connectivity index (χ0) is 19.5. The van der Waals surface area contributed by atoms with Crippen LogP contribution in [0.3, 0.4) is 0 Å². The van der Waals surface area contributed by atoms with E-state index in [0.717, 1.165) is 28.1 Å². The van der Waals surface area contributed by atoms with Crippen LogP contribution in [0.2, 0.25) is 0 Å². The lowest BCUT2D eigenvalue weighted by Gasteiger charge is -2.09. The highest BCUT2D eigenvalue weighted by molar-refractivity contribution is 6.05. The molecular formula is C24H21N3O. The van der Waals surface area contributed by atoms with Crippen LogP contribution in [-0.4, -0.2) is 15.5 Å². The molecule has 4 nitrogen and oxygen atoms in total. The maximum absolute atomic E-state index is 12.8. The van der Waals surface area contributed by atoms with Crippen LogP contribution in [0.5, 0.6) is 0 Å². The summed E-state index contributed by atoms with van der Waals surface area (Å²) in [6.45, 7) is 2.06. The number of anilines is 1. The molecule has 0 bridgehead atoms. The summed E-state index contributed by atoms with van der Waals surface area (Å²) in [4.78, 5) is 16.9. The highest BCUT2D eigenvalue weighted by atomic mass is 16.1. The number of carbonyl (C=O) groups is 1. The van der Waals surface area contributed by atoms with Crippen molar-refractivity contribution >= 4 is 11.6 Å². The lowest BCUT2D eigenvalue weighted by molar-refractivity contribution is 0.102. The van der Waals surface area contributed by atoms with Gasteiger partial charge in [-0.3, -0.25) is 4.79 Å². The predicted octanol–water partition coefficient (Wildman–Crippen LogP) is 5.31. The molecule has 0 aliphatic heterocycles. The molecule has 0 fully saturated rings. The van der Waals surface area contributed by atoms with E-state index >= 15 is 0 Å². The minimum atomic E-state index is -0.129. The minimum Gasteiger partial charge on any atom is -0.334 e. The molecule has 4 rings (SSSR count). The van der Waals surface area contributed by atoms with Crippen LogP contribution in [-0.2, 0) is 7.05 Å². The van der Waals surface area contributed by atoms with Gasteiger partial charge in [-0.2, -0.15) is 0 Å². The number of aryl methyl sites for hydroxylation is 2. The van der Waals surface area contributed by atoms with Crippen LogP contribution < -0.4 is 5.32 Å². The summed E-state index contributed by atoms with van der Waals surface area (Å²) in [5, 5.41) is 3.00. The Bertz CT molecular complexity index is 1130. The first-order valence-corrected chi connectivity index (χ1v) is 9.15. The van der Waals surface area contributed by atoms with Crippen LogP contribution in [0.1, 0.15) is 15.9 Å². The van der Waals surface area contributed by atoms with Crippen molar-refractivity contribution in [3.05, 3.63) is 96.4 Å². The molecular weight excluding hydrogens is 346 g/mol. The van der Waals surface area contributed by atoms with Gasteiger partial charge in [-0.05, 0) is 42.3 Å². The summed E-state index contributed by atoms with van der Waals surface area (Å²) < 4.78 is 1.95. The average molecular weight is 367 g/mol. The van der Waals surface area contributed by atoms with Crippen molar-refractivity contribution in [1.82, 2.24) is 9.55 Å². The van der Waals surface area contributed by atoms with Gasteiger partial charge in [-0.25, -0.2) is 4.98 Å². The van der Waals surface area contributed by atoms with Gasteiger partial charge >= 0.3 is 0 Å². The Labute approximate surface area is 164 Å². The number of hydrogen-bond donors (Lipinski definition) is 1. The molecule has 0 unspecified atom stereocenters. The Morgan fingerprint density at radius 1 is 0.893 bits per heavy atom. The fourth-order valence-electron chi connectivity index (χ4n) is 3.18. The third-order valence-corrected chi connectivity index (χ3v) is 4.74. The van der Waals surface area contributed by atoms with Gasteiger partial charge in [-0.15, -0.1) is 0 Å². The van der Waals surface area contributed by atoms with Crippen LogP contribution >= 0.6 is 0 Å². The van der Waals surface area contributed by atoms with E-state index in [0.29, 0.717) is 5.56 Å². The number of amides is 1. The summed E-state index contributed by atoms with van der Waals surface area (Å²) in [5.41, 5.74) is 6.72. The van der Waals surface area contributed by atoms with Gasteiger partial charge in [0.15, 0.2) is 0 Å². The predicted molar refractivity (Wildman–Crippen MR) is 113 cm³/mol. The van der Waals surface area contributed by atoms with E-state index in [9.17, 15) is 4.79 Å². The first-order valence-electron chi connectivity index (χ1n) is 9.15. The molecule has 0 atom stereocenters. The molecule has 1 aromatic heterocycles. The van der Waals surface area contributed by atoms with Crippen molar-refractivity contribution in [2.24, 2.45) is 7.05 Å². The van der Waals surface area contributed by atoms with E-state index in [4.69, 9.17) is 0 Å². The Morgan fingerprint density at radius 2 is 1.64 bits per heavy atom. The number of aromatic nitrogens is 2. The number of carbonyl (C=O) groups excluding carboxylic acids is 1. The molecule has 4 aromatic rings. The Morgan fingerprint density at radius 3 is 2.39 bits per heavy atom. The van der Waals surface area contributed by atoms with Gasteiger partial charge in [0.05, 0.1) is 18.2 Å². The molecule has 1 amide bonds. The third-order valence-electron chi connectivity index (χ3n) is 4.74. The molecule has 3 aromatic carbocycles. The molecule has 0 aliphatic carbocycles. The number of hydrogen-bond acceptors (Lipinski definition) is 2. The number of benzene rings is 3. The molecule has 138 valence electrons. The van der Waals surface area contributed by atoms with E-state index in [1.807, 2.05) is 66.3 Å². The molecule has 28 heavy (non-hydrogen) atoms. The lowest BCUT2D eigenvalue weighted by Crippen LogP contribution is -2.11. The smallest absolute Gasteiger partial charge is 0.255 e. The highest BCUT2D eigenvalue weighted by Gasteiger charge is 2.09. The van der Waals surface area contributed by atoms with E-state index < -0.39 is 0 Å². The summed E-state index contributed by atoms with van der Waals surface area (Å²) in [6, 6.07) is 23.8. The third kappa shape index (κ3) is 3.71. The van der Waals surface area contributed by atoms with E-state index in [1.165, 1.54) is 5.56 Å². The van der Waals surface area contributed by atoms with Gasteiger partial charge in [0.1, 0.15) is 0 Å². The van der Waals surface area contributed by atoms with E-state index in [2.05, 4.69) is 41.5 Å². The average Bonchev–Trinajstić information content (AvgIpc) is 3.15. The summed E-state index contributed by atoms with van der Waals surface area (Å²) in [6.07, 6.45) is 3.57. The Balaban J connectivity index is 1.57. The minimum absolute atomic E-state index is 0.129. The molecule has 1 heterocycles. The van der Waals surface area contributed by atoms with Crippen LogP contribution in [0.25, 0.3) is 22.4 Å². The van der Waals surface area contributed by atoms with Crippen LogP contribution in [0.4, 0.5) is 5.69 Å². The van der Waals surface area contributed by atoms with Gasteiger partial charge in [0, 0.05) is 23.9 Å². The van der Waals surface area contributed by atoms with E-state index in [1.54, 1.807) is 6.33 Å². The largest absolute Gasteiger partial charge is 0.334 e. The molecule has 0 saturated carbocycles. The van der Waals surface area contributed by atoms with Crippen molar-refractivity contribution in [2.75, 3.05) is 5.32 Å². The van der Waals surface area contributed by atoms with Crippen LogP contribution in [0.15, 0.2) is 85.3 Å². The molecule has 4 heteroatoms. The summed E-state index contributed by atoms with van der Waals surface area (Å²) in [5.74, 6) is -0.129. The van der Waals surface area contributed by atoms with Crippen molar-refractivity contribution in [3.63, 3.8) is 0 Å². The van der Waals surface area contributed by atoms with Gasteiger partial charge in [-0.1, -0.05) is 54.1 Å². The summed E-state index contributed by atoms with van der Waals surface area (Å²) in [7, 11) is 1.95. The Hall–Kier alpha value is -3.66. The molecule has 0 spiro atoms. The first kappa shape index (κ1) is 17.7. The lowest BCUT2D eigenvalue weighted by atomic mass is 10.0. The second-order valence-electron chi connectivity index (χ2n) is 6.87. The fourth-order valence-corrected chi connectivity index (χ4v) is 3.18. The molecule has 0 radical (unpaired) electrons. The standard InChI is InChI=1S/C24H21N3O/c1-17-9-11-18(12-10-17)19-5-3-7-21(13-19)24(28)26-22-8-4-6-20(14-22)23-15-25-16-27(23)2/h3-16H,1-2H3,(H,26,28). The number of nitrogens with zero attached hydrogens (tertiary/aromatic N) is 2. The SMILES string of the molecule is Cc1ccc(-c2cccc(C(=O)Nc3cccc(-c4cncn4C)c3)c2)cc1. The van der Waals surface area contributed by atoms with Gasteiger partial charge < -0.3 is 9.88 Å². The molecule has 1 N–H and O–H groups in total. The van der Waals surface area contributed by atoms with E-state index in [-0.39, 0.29) is 5.91 Å². The molecule has 0 aliphatic rings. The second kappa shape index (κ2) is 7.53. The van der Waals surface area contributed by atoms with Gasteiger partial charge in [0.2, 0.25) is 0 Å². The number of imidazole rings is 1. The van der Waals surface area contributed by atoms with Crippen molar-refractivity contribution in [2.45, 2.75) is 6.92 Å². The van der Waals surface area contributed by atoms with Gasteiger partial charge in [0.25, 0.3) is 5.91 Å². The first-order chi connectivity index (χ1) is 13.6. The van der Waals surface area contributed by atoms with Crippen molar-refractivity contribution in [1.29, 1.82) is 0 Å². The number of nitrogens with one attached hydrogen (secondary N) is 1. The summed E-state index contributed by atoms with van der Waals surface area (Å²) >= 11 is 0. The highest BCUT2D eigenvalue weighted by Crippen LogP contribution is 2.24. The monoisotopic (exact) mass is 367 g/mol. The second-order valence-corrected chi connectivity index (χ2v) is 6.87. The maximum atomic E-state index is 12.8. The van der Waals surface area contributed by atoms with Crippen molar-refractivity contribution < 1.29 is 4.79 Å².